The molecule has 0 rings (SSSR count). The number of carbonyl (C=O) groups excluding carboxylic acids is 1. The Morgan fingerprint density at radius 1 is 2.00 bits per heavy atom. The minimum absolute atomic E-state index is 0.356. The average Bonchev–Trinajstić information content (AvgIpc) is 1.67. The van der Waals surface area contributed by atoms with Crippen LogP contribution in [-0.2, 0) is 4.79 Å². The molecule has 2 nitrogen and oxygen atoms in total. The summed E-state index contributed by atoms with van der Waals surface area (Å²) in [5.41, 5.74) is -1.33. The molecular formula is C4H8BClO2. The Labute approximate surface area is 54.2 Å². The second-order valence-corrected chi connectivity index (χ2v) is 2.24. The first kappa shape index (κ1) is 7.98. The molecule has 0 aromatic carbocycles. The van der Waals surface area contributed by atoms with Gasteiger partial charge in [0, 0.05) is 0 Å². The van der Waals surface area contributed by atoms with Crippen LogP contribution in [-0.4, -0.2) is 23.8 Å². The molecule has 0 aromatic rings. The summed E-state index contributed by atoms with van der Waals surface area (Å²) in [5, 5.41) is 8.22. The van der Waals surface area contributed by atoms with Gasteiger partial charge in [0.05, 0.1) is 0 Å². The van der Waals surface area contributed by atoms with Gasteiger partial charge in [0.15, 0.2) is 0 Å². The molecule has 0 aromatic heterocycles. The molecule has 0 saturated carbocycles. The van der Waals surface area contributed by atoms with Crippen LogP contribution in [0.3, 0.4) is 0 Å². The predicted molar refractivity (Wildman–Crippen MR) is 34.8 cm³/mol. The summed E-state index contributed by atoms with van der Waals surface area (Å²) in [7, 11) is 1.69. The van der Waals surface area contributed by atoms with Gasteiger partial charge in [-0.3, -0.25) is 4.79 Å². The third-order valence-corrected chi connectivity index (χ3v) is 1.52. The van der Waals surface area contributed by atoms with Crippen LogP contribution in [0.25, 0.3) is 0 Å². The van der Waals surface area contributed by atoms with E-state index in [0.29, 0.717) is 6.32 Å². The summed E-state index contributed by atoms with van der Waals surface area (Å²) < 4.78 is 0. The highest BCUT2D eigenvalue weighted by molar-refractivity contribution is 6.65. The van der Waals surface area contributed by atoms with Crippen LogP contribution >= 0.6 is 11.6 Å². The van der Waals surface area contributed by atoms with Crippen LogP contribution in [0, 0.1) is 0 Å². The van der Waals surface area contributed by atoms with Gasteiger partial charge in [-0.05, 0) is 24.8 Å². The second kappa shape index (κ2) is 2.51. The van der Waals surface area contributed by atoms with Crippen LogP contribution < -0.4 is 0 Å². The Hall–Kier alpha value is -0.0151. The lowest BCUT2D eigenvalue weighted by Gasteiger charge is -2.13. The van der Waals surface area contributed by atoms with Crippen molar-refractivity contribution in [2.24, 2.45) is 0 Å². The van der Waals surface area contributed by atoms with Crippen LogP contribution in [0.4, 0.5) is 0 Å². The van der Waals surface area contributed by atoms with Crippen LogP contribution in [0.15, 0.2) is 0 Å². The van der Waals surface area contributed by atoms with E-state index in [4.69, 9.17) is 16.7 Å². The van der Waals surface area contributed by atoms with Crippen molar-refractivity contribution in [2.45, 2.75) is 18.8 Å². The fraction of sp³-hybridized carbons (Fsp3) is 0.750. The van der Waals surface area contributed by atoms with E-state index in [9.17, 15) is 4.79 Å². The van der Waals surface area contributed by atoms with E-state index >= 15 is 0 Å². The standard InChI is InChI=1S/C4H8BClO2/c1-4(8,2-5)3(6)7/h8H,2,5H2,1H3/t4-/m0/s1. The lowest BCUT2D eigenvalue weighted by molar-refractivity contribution is -0.125. The second-order valence-electron chi connectivity index (χ2n) is 1.90. The van der Waals surface area contributed by atoms with E-state index in [0.717, 1.165) is 0 Å². The van der Waals surface area contributed by atoms with Gasteiger partial charge in [-0.25, -0.2) is 0 Å². The first-order valence-electron chi connectivity index (χ1n) is 2.43. The molecule has 46 valence electrons. The number of halogens is 1. The molecule has 8 heavy (non-hydrogen) atoms. The minimum atomic E-state index is -1.33. The Kier molecular flexibility index (Phi) is 2.50. The number of hydrogen-bond acceptors (Lipinski definition) is 2. The molecule has 0 aliphatic carbocycles. The zero-order valence-corrected chi connectivity index (χ0v) is 5.70. The molecule has 1 N–H and O–H groups in total. The normalized spacial score (nSPS) is 17.4. The average molecular weight is 134 g/mol. The Bertz CT molecular complexity index is 102. The van der Waals surface area contributed by atoms with Gasteiger partial charge in [-0.1, -0.05) is 0 Å². The summed E-state index contributed by atoms with van der Waals surface area (Å²) in [5.74, 6) is 0. The number of hydrogen-bond donors (Lipinski definition) is 1. The van der Waals surface area contributed by atoms with E-state index in [-0.39, 0.29) is 0 Å². The monoisotopic (exact) mass is 134 g/mol. The van der Waals surface area contributed by atoms with Gasteiger partial charge in [-0.2, -0.15) is 0 Å². The topological polar surface area (TPSA) is 37.3 Å². The van der Waals surface area contributed by atoms with E-state index in [1.165, 1.54) is 6.92 Å². The van der Waals surface area contributed by atoms with Crippen molar-refractivity contribution in [3.63, 3.8) is 0 Å². The molecule has 0 saturated heterocycles. The third kappa shape index (κ3) is 1.84. The van der Waals surface area contributed by atoms with Crippen molar-refractivity contribution in [2.75, 3.05) is 0 Å². The van der Waals surface area contributed by atoms with Crippen molar-refractivity contribution in [3.8, 4) is 0 Å². The molecular weight excluding hydrogens is 126 g/mol. The highest BCUT2D eigenvalue weighted by Gasteiger charge is 2.24. The summed E-state index contributed by atoms with van der Waals surface area (Å²) in [6.45, 7) is 1.39. The molecule has 0 unspecified atom stereocenters. The maximum absolute atomic E-state index is 10.2. The molecule has 0 bridgehead atoms. The fourth-order valence-corrected chi connectivity index (χ4v) is 0.273. The molecule has 1 atom stereocenters. The van der Waals surface area contributed by atoms with Gasteiger partial charge in [-0.15, -0.1) is 0 Å². The third-order valence-electron chi connectivity index (χ3n) is 1.11. The number of aliphatic hydroxyl groups is 1. The molecule has 4 heteroatoms. The van der Waals surface area contributed by atoms with Gasteiger partial charge >= 0.3 is 0 Å². The zero-order chi connectivity index (χ0) is 6.78. The van der Waals surface area contributed by atoms with Gasteiger partial charge in [0.2, 0.25) is 0 Å². The van der Waals surface area contributed by atoms with E-state index in [2.05, 4.69) is 0 Å². The van der Waals surface area contributed by atoms with Crippen LogP contribution in [0.1, 0.15) is 6.92 Å². The summed E-state index contributed by atoms with van der Waals surface area (Å²) >= 11 is 4.98. The molecule has 0 heterocycles. The van der Waals surface area contributed by atoms with Gasteiger partial charge in [0.25, 0.3) is 5.24 Å². The number of rotatable bonds is 2. The van der Waals surface area contributed by atoms with Crippen molar-refractivity contribution >= 4 is 24.7 Å². The SMILES string of the molecule is BC[C@](C)(O)C(=O)Cl. The highest BCUT2D eigenvalue weighted by Crippen LogP contribution is 2.10. The summed E-state index contributed by atoms with van der Waals surface area (Å²) in [4.78, 5) is 10.2. The molecule has 0 aliphatic rings. The van der Waals surface area contributed by atoms with Gasteiger partial charge in [0.1, 0.15) is 13.4 Å². The Balaban J connectivity index is 3.91. The van der Waals surface area contributed by atoms with Crippen molar-refractivity contribution in [1.82, 2.24) is 0 Å². The van der Waals surface area contributed by atoms with Crippen LogP contribution in [0.5, 0.6) is 0 Å². The lowest BCUT2D eigenvalue weighted by Crippen LogP contribution is -2.30. The molecule has 0 fully saturated rings. The number of carbonyl (C=O) groups is 1. The predicted octanol–water partition coefficient (Wildman–Crippen LogP) is -0.446. The summed E-state index contributed by atoms with van der Waals surface area (Å²) in [6.07, 6.45) is 0.356. The Morgan fingerprint density at radius 2 is 2.38 bits per heavy atom. The molecule has 0 spiro atoms. The maximum Gasteiger partial charge on any atom is 0.252 e. The molecule has 0 amide bonds. The van der Waals surface area contributed by atoms with Crippen molar-refractivity contribution in [1.29, 1.82) is 0 Å². The smallest absolute Gasteiger partial charge is 0.252 e. The van der Waals surface area contributed by atoms with Crippen molar-refractivity contribution in [3.05, 3.63) is 0 Å². The van der Waals surface area contributed by atoms with Gasteiger partial charge < -0.3 is 5.11 Å². The van der Waals surface area contributed by atoms with E-state index in [1.807, 2.05) is 0 Å². The van der Waals surface area contributed by atoms with E-state index in [1.54, 1.807) is 7.85 Å². The fourth-order valence-electron chi connectivity index (χ4n) is 0.139. The quantitative estimate of drug-likeness (QED) is 0.410. The molecule has 0 radical (unpaired) electrons. The highest BCUT2D eigenvalue weighted by atomic mass is 35.5. The first-order chi connectivity index (χ1) is 3.50. The maximum atomic E-state index is 10.2. The largest absolute Gasteiger partial charge is 0.382 e. The van der Waals surface area contributed by atoms with Crippen LogP contribution in [0.2, 0.25) is 6.32 Å². The molecule has 0 aliphatic heterocycles. The van der Waals surface area contributed by atoms with E-state index < -0.39 is 10.8 Å². The minimum Gasteiger partial charge on any atom is -0.382 e. The van der Waals surface area contributed by atoms with Crippen molar-refractivity contribution < 1.29 is 9.90 Å². The zero-order valence-electron chi connectivity index (χ0n) is 4.94. The first-order valence-corrected chi connectivity index (χ1v) is 2.81. The summed E-state index contributed by atoms with van der Waals surface area (Å²) in [6, 6.07) is 0. The Morgan fingerprint density at radius 3 is 2.38 bits per heavy atom. The lowest BCUT2D eigenvalue weighted by atomic mass is 9.90.